The number of nitrogens with zero attached hydrogens (tertiary/aromatic N) is 6. The maximum Gasteiger partial charge on any atom is 0.329 e. The molecule has 2 aromatic carbocycles. The predicted molar refractivity (Wildman–Crippen MR) is 326 cm³/mol. The van der Waals surface area contributed by atoms with Gasteiger partial charge in [-0.25, -0.2) is 19.2 Å². The normalized spacial score (nSPS) is 25.5. The average molecular weight is 1200 g/mol. The summed E-state index contributed by atoms with van der Waals surface area (Å²) in [7, 11) is 9.13. The molecule has 3 aliphatic heterocycles. The van der Waals surface area contributed by atoms with Crippen molar-refractivity contribution in [3.05, 3.63) is 70.8 Å². The third-order valence-electron chi connectivity index (χ3n) is 16.9. The number of methoxy groups -OCH3 is 2. The van der Waals surface area contributed by atoms with Crippen LogP contribution in [0, 0.1) is 23.7 Å². The van der Waals surface area contributed by atoms with Gasteiger partial charge in [0.1, 0.15) is 24.2 Å². The number of likely N-dealkylation sites (tertiary alicyclic amines) is 2. The van der Waals surface area contributed by atoms with Crippen LogP contribution in [0.1, 0.15) is 143 Å². The van der Waals surface area contributed by atoms with E-state index in [1.54, 1.807) is 14.2 Å². The summed E-state index contributed by atoms with van der Waals surface area (Å²) >= 11 is 0. The summed E-state index contributed by atoms with van der Waals surface area (Å²) in [6, 6.07) is 10.3. The molecule has 0 aromatic heterocycles. The van der Waals surface area contributed by atoms with E-state index < -0.39 is 96.1 Å². The molecule has 3 saturated heterocycles. The Morgan fingerprint density at radius 1 is 0.395 bits per heavy atom. The van der Waals surface area contributed by atoms with Crippen LogP contribution in [0.4, 0.5) is 0 Å². The number of benzene rings is 2. The first-order valence-corrected chi connectivity index (χ1v) is 31.1. The number of carbonyl (C=O) groups excluding carboxylic acids is 8. The minimum Gasteiger partial charge on any atom is -0.451 e. The molecule has 0 aliphatic carbocycles. The molecular formula is C66H102N6O14. The van der Waals surface area contributed by atoms with Crippen LogP contribution in [0.3, 0.4) is 0 Å². The van der Waals surface area contributed by atoms with Crippen molar-refractivity contribution in [2.45, 2.75) is 207 Å². The number of carbonyl (C=O) groups is 8. The number of esters is 4. The summed E-state index contributed by atoms with van der Waals surface area (Å²) < 4.78 is 35.5. The molecule has 0 N–H and O–H groups in total. The van der Waals surface area contributed by atoms with Gasteiger partial charge in [-0.1, -0.05) is 104 Å². The van der Waals surface area contributed by atoms with E-state index in [-0.39, 0.29) is 74.4 Å². The smallest absolute Gasteiger partial charge is 0.329 e. The number of hydrogen-bond donors (Lipinski definition) is 0. The van der Waals surface area contributed by atoms with Gasteiger partial charge in [0.05, 0.1) is 12.2 Å². The lowest BCUT2D eigenvalue weighted by atomic mass is 9.99. The number of cyclic esters (lactones) is 4. The molecule has 8 atom stereocenters. The van der Waals surface area contributed by atoms with Crippen molar-refractivity contribution in [1.82, 2.24) is 29.4 Å². The minimum absolute atomic E-state index is 0.0965. The highest BCUT2D eigenvalue weighted by atomic mass is 16.6. The van der Waals surface area contributed by atoms with Crippen LogP contribution in [0.5, 0.6) is 0 Å². The summed E-state index contributed by atoms with van der Waals surface area (Å²) in [4.78, 5) is 127. The molecule has 5 rings (SSSR count). The molecule has 86 heavy (non-hydrogen) atoms. The Morgan fingerprint density at radius 2 is 0.640 bits per heavy atom. The van der Waals surface area contributed by atoms with Crippen molar-refractivity contribution >= 4 is 47.5 Å². The summed E-state index contributed by atoms with van der Waals surface area (Å²) in [6.45, 7) is 22.7. The van der Waals surface area contributed by atoms with Crippen molar-refractivity contribution in [2.75, 3.05) is 68.6 Å². The van der Waals surface area contributed by atoms with Gasteiger partial charge in [0.2, 0.25) is 0 Å². The first-order chi connectivity index (χ1) is 40.6. The van der Waals surface area contributed by atoms with E-state index in [0.29, 0.717) is 24.2 Å². The van der Waals surface area contributed by atoms with Gasteiger partial charge in [-0.15, -0.1) is 0 Å². The number of ether oxygens (including phenoxy) is 6. The molecule has 2 aromatic rings. The lowest BCUT2D eigenvalue weighted by Crippen LogP contribution is -2.55. The SMILES string of the molecule is COC1CCN(Cc2ccc(C[C@H]3OC(=O)[C@H](CC(C)C)N(C)C(=O)[C@@H](C)OC(=O)[C@H](CC(C)C)N(C)C(=O)[C@@H](Cc4ccc(CN5CCC(OC)CC5)cc4)OC(=O)[C@H](CC(C)C)N(C)C(=O)[C@@H](C)OC(=O)[C@H](CC(C)C)N(C)C3=O)cc2)CC1. The largest absolute Gasteiger partial charge is 0.451 e. The molecular weight excluding hydrogens is 1100 g/mol. The van der Waals surface area contributed by atoms with E-state index in [4.69, 9.17) is 28.4 Å². The third-order valence-corrected chi connectivity index (χ3v) is 16.9. The van der Waals surface area contributed by atoms with E-state index in [1.165, 1.54) is 51.8 Å². The highest BCUT2D eigenvalue weighted by Gasteiger charge is 2.43. The van der Waals surface area contributed by atoms with Crippen LogP contribution in [0.25, 0.3) is 0 Å². The molecule has 20 nitrogen and oxygen atoms in total. The third kappa shape index (κ3) is 20.6. The molecule has 3 fully saturated rings. The van der Waals surface area contributed by atoms with Gasteiger partial charge in [-0.3, -0.25) is 29.0 Å². The highest BCUT2D eigenvalue weighted by Crippen LogP contribution is 2.26. The molecule has 0 radical (unpaired) electrons. The van der Waals surface area contributed by atoms with Crippen LogP contribution in [-0.4, -0.2) is 206 Å². The number of likely N-dealkylation sites (N-methyl/N-ethyl adjacent to an activating group) is 4. The van der Waals surface area contributed by atoms with Gasteiger partial charge in [-0.2, -0.15) is 0 Å². The van der Waals surface area contributed by atoms with Gasteiger partial charge in [0.25, 0.3) is 23.6 Å². The molecule has 480 valence electrons. The zero-order chi connectivity index (χ0) is 63.7. The van der Waals surface area contributed by atoms with Crippen LogP contribution in [-0.2, 0) is 92.7 Å². The Balaban J connectivity index is 1.55. The maximum atomic E-state index is 15.1. The van der Waals surface area contributed by atoms with E-state index in [9.17, 15) is 28.8 Å². The average Bonchev–Trinajstić information content (AvgIpc) is 3.18. The van der Waals surface area contributed by atoms with Gasteiger partial charge < -0.3 is 48.0 Å². The van der Waals surface area contributed by atoms with Gasteiger partial charge in [0, 0.05) is 94.5 Å². The van der Waals surface area contributed by atoms with E-state index >= 15 is 9.59 Å². The Bertz CT molecular complexity index is 2350. The second-order valence-corrected chi connectivity index (χ2v) is 25.9. The van der Waals surface area contributed by atoms with Gasteiger partial charge in [-0.05, 0) is 111 Å². The van der Waals surface area contributed by atoms with Gasteiger partial charge in [0.15, 0.2) is 24.4 Å². The number of rotatable bonds is 18. The molecule has 4 amide bonds. The second kappa shape index (κ2) is 33.4. The molecule has 3 aliphatic rings. The maximum absolute atomic E-state index is 15.1. The Kier molecular flexibility index (Phi) is 27.5. The zero-order valence-corrected chi connectivity index (χ0v) is 54.4. The van der Waals surface area contributed by atoms with Crippen molar-refractivity contribution in [3.8, 4) is 0 Å². The molecule has 0 unspecified atom stereocenters. The second-order valence-electron chi connectivity index (χ2n) is 25.9. The summed E-state index contributed by atoms with van der Waals surface area (Å²) in [5.41, 5.74) is 3.42. The highest BCUT2D eigenvalue weighted by molar-refractivity contribution is 5.94. The number of hydrogen-bond acceptors (Lipinski definition) is 16. The van der Waals surface area contributed by atoms with E-state index in [0.717, 1.165) is 72.8 Å². The standard InChI is InChI=1S/C66H102N6O14/c1-41(2)33-53-63(77)83-45(9)59(73)67(11)56(36-44(7)8)66(80)86-58(38-48-19-23-50(24-20-48)40-72-31-27-52(82-16)28-32-72)62(76)70(14)54(34-42(3)4)64(78)84-46(10)60(74)68(12)55(35-43(5)6)65(79)85-57(61(75)69(53)13)37-47-17-21-49(22-18-47)39-71-29-25-51(81-15)26-30-71/h17-24,41-46,51-58H,25-40H2,1-16H3/t45-,46-,53+,54+,55+,56+,57-,58-/m1/s1. The fourth-order valence-corrected chi connectivity index (χ4v) is 11.6. The van der Waals surface area contributed by atoms with E-state index in [1.807, 2.05) is 104 Å². The summed E-state index contributed by atoms with van der Waals surface area (Å²) in [5, 5.41) is 0. The molecule has 0 saturated carbocycles. The molecule has 3 heterocycles. The molecule has 0 bridgehead atoms. The van der Waals surface area contributed by atoms with Crippen molar-refractivity contribution in [1.29, 1.82) is 0 Å². The molecule has 0 spiro atoms. The van der Waals surface area contributed by atoms with Crippen molar-refractivity contribution < 1.29 is 66.8 Å². The van der Waals surface area contributed by atoms with Crippen LogP contribution >= 0.6 is 0 Å². The monoisotopic (exact) mass is 1200 g/mol. The predicted octanol–water partition coefficient (Wildman–Crippen LogP) is 6.89. The Morgan fingerprint density at radius 3 is 0.895 bits per heavy atom. The minimum atomic E-state index is -1.51. The fourth-order valence-electron chi connectivity index (χ4n) is 11.6. The quantitative estimate of drug-likeness (QED) is 0.110. The summed E-state index contributed by atoms with van der Waals surface area (Å²) in [6.07, 6.45) is -1.59. The Labute approximate surface area is 512 Å². The van der Waals surface area contributed by atoms with Gasteiger partial charge >= 0.3 is 23.9 Å². The Hall–Kier alpha value is -5.96. The van der Waals surface area contributed by atoms with Crippen LogP contribution in [0.2, 0.25) is 0 Å². The van der Waals surface area contributed by atoms with Crippen LogP contribution in [0.15, 0.2) is 48.5 Å². The van der Waals surface area contributed by atoms with Crippen LogP contribution < -0.4 is 0 Å². The topological polar surface area (TPSA) is 211 Å². The zero-order valence-electron chi connectivity index (χ0n) is 54.4. The first kappa shape index (κ1) is 70.8. The first-order valence-electron chi connectivity index (χ1n) is 31.1. The lowest BCUT2D eigenvalue weighted by Gasteiger charge is -2.35. The van der Waals surface area contributed by atoms with Crippen molar-refractivity contribution in [3.63, 3.8) is 0 Å². The fraction of sp³-hybridized carbons (Fsp3) is 0.697. The number of amides is 4. The number of piperidine rings is 2. The van der Waals surface area contributed by atoms with Crippen molar-refractivity contribution in [2.24, 2.45) is 23.7 Å². The summed E-state index contributed by atoms with van der Waals surface area (Å²) in [5.74, 6) is -7.23. The van der Waals surface area contributed by atoms with E-state index in [2.05, 4.69) is 9.80 Å². The lowest BCUT2D eigenvalue weighted by molar-refractivity contribution is -0.176. The molecule has 20 heteroatoms.